The second-order valence-electron chi connectivity index (χ2n) is 4.55. The third-order valence-corrected chi connectivity index (χ3v) is 3.21. The molecule has 0 spiro atoms. The Bertz CT molecular complexity index is 699. The smallest absolute Gasteiger partial charge is 0.285 e. The molecule has 2 aliphatic rings. The molecule has 0 unspecified atom stereocenters. The lowest BCUT2D eigenvalue weighted by atomic mass is 10.00. The number of aromatic amines is 1. The molecule has 6 nitrogen and oxygen atoms in total. The van der Waals surface area contributed by atoms with Gasteiger partial charge >= 0.3 is 0 Å². The van der Waals surface area contributed by atoms with Gasteiger partial charge in [0, 0.05) is 17.3 Å². The first-order valence-corrected chi connectivity index (χ1v) is 6.26. The third-order valence-electron chi connectivity index (χ3n) is 3.21. The molecule has 1 aromatic rings. The molecular weight excluding hydrogens is 260 g/mol. The molecule has 20 heavy (non-hydrogen) atoms. The average molecular weight is 272 g/mol. The lowest BCUT2D eigenvalue weighted by Gasteiger charge is -2.14. The maximum atomic E-state index is 12.1. The summed E-state index contributed by atoms with van der Waals surface area (Å²) in [6.07, 6.45) is 4.82. The number of imide groups is 1. The zero-order valence-corrected chi connectivity index (χ0v) is 10.6. The first-order valence-electron chi connectivity index (χ1n) is 6.26. The van der Waals surface area contributed by atoms with Gasteiger partial charge in [0.05, 0.1) is 5.57 Å². The zero-order chi connectivity index (χ0) is 14.1. The molecule has 0 aromatic carbocycles. The number of amides is 2. The fourth-order valence-corrected chi connectivity index (χ4v) is 2.24. The van der Waals surface area contributed by atoms with Gasteiger partial charge in [-0.05, 0) is 18.9 Å². The van der Waals surface area contributed by atoms with E-state index in [0.29, 0.717) is 23.3 Å². The first kappa shape index (κ1) is 12.6. The van der Waals surface area contributed by atoms with Crippen LogP contribution >= 0.6 is 0 Å². The van der Waals surface area contributed by atoms with E-state index >= 15 is 0 Å². The van der Waals surface area contributed by atoms with Gasteiger partial charge < -0.3 is 4.98 Å². The lowest BCUT2D eigenvalue weighted by molar-refractivity contribution is -0.190. The number of pyridine rings is 1. The van der Waals surface area contributed by atoms with Crippen LogP contribution in [0.1, 0.15) is 18.5 Å². The number of nitrogens with one attached hydrogen (secondary N) is 1. The number of rotatable bonds is 3. The summed E-state index contributed by atoms with van der Waals surface area (Å²) in [6, 6.07) is 4.61. The van der Waals surface area contributed by atoms with Gasteiger partial charge in [-0.25, -0.2) is 0 Å². The van der Waals surface area contributed by atoms with Gasteiger partial charge in [-0.1, -0.05) is 18.2 Å². The summed E-state index contributed by atoms with van der Waals surface area (Å²) in [5.74, 6) is -0.855. The van der Waals surface area contributed by atoms with Crippen molar-refractivity contribution in [1.29, 1.82) is 0 Å². The van der Waals surface area contributed by atoms with E-state index in [1.807, 2.05) is 6.08 Å². The number of nitrogens with zero attached hydrogens (tertiary/aromatic N) is 1. The van der Waals surface area contributed by atoms with E-state index in [1.54, 1.807) is 18.2 Å². The van der Waals surface area contributed by atoms with Crippen LogP contribution in [0.4, 0.5) is 0 Å². The van der Waals surface area contributed by atoms with Crippen molar-refractivity contribution >= 4 is 11.8 Å². The van der Waals surface area contributed by atoms with Crippen LogP contribution in [0.2, 0.25) is 0 Å². The zero-order valence-electron chi connectivity index (χ0n) is 10.6. The Morgan fingerprint density at radius 1 is 1.20 bits per heavy atom. The minimum absolute atomic E-state index is 0.0438. The van der Waals surface area contributed by atoms with Gasteiger partial charge in [-0.3, -0.25) is 19.2 Å². The van der Waals surface area contributed by atoms with Crippen LogP contribution in [-0.2, 0) is 21.0 Å². The van der Waals surface area contributed by atoms with Crippen molar-refractivity contribution in [2.24, 2.45) is 0 Å². The second-order valence-corrected chi connectivity index (χ2v) is 4.55. The summed E-state index contributed by atoms with van der Waals surface area (Å²) >= 11 is 0. The molecule has 0 saturated carbocycles. The highest BCUT2D eigenvalue weighted by molar-refractivity contribution is 6.20. The molecule has 0 fully saturated rings. The monoisotopic (exact) mass is 272 g/mol. The quantitative estimate of drug-likeness (QED) is 0.826. The van der Waals surface area contributed by atoms with E-state index in [9.17, 15) is 14.4 Å². The van der Waals surface area contributed by atoms with Crippen molar-refractivity contribution in [1.82, 2.24) is 10.0 Å². The highest BCUT2D eigenvalue weighted by Crippen LogP contribution is 2.29. The van der Waals surface area contributed by atoms with Crippen molar-refractivity contribution in [3.05, 3.63) is 57.5 Å². The molecule has 6 heteroatoms. The van der Waals surface area contributed by atoms with Gasteiger partial charge in [0.25, 0.3) is 11.8 Å². The fraction of sp³-hybridized carbons (Fsp3) is 0.214. The standard InChI is InChI=1S/C14H12N2O4/c17-12-7-3-4-9(15-12)8-20-16-13(18)10-5-1-2-6-11(10)14(16)19/h1,3-5,7H,2,6,8H2,(H,15,17). The van der Waals surface area contributed by atoms with Gasteiger partial charge in [-0.15, -0.1) is 5.06 Å². The summed E-state index contributed by atoms with van der Waals surface area (Å²) in [4.78, 5) is 43.1. The number of hydrogen-bond acceptors (Lipinski definition) is 4. The van der Waals surface area contributed by atoms with Crippen LogP contribution in [0.3, 0.4) is 0 Å². The maximum absolute atomic E-state index is 12.1. The highest BCUT2D eigenvalue weighted by atomic mass is 16.7. The fourth-order valence-electron chi connectivity index (χ4n) is 2.24. The first-order chi connectivity index (χ1) is 9.66. The van der Waals surface area contributed by atoms with Crippen molar-refractivity contribution in [2.75, 3.05) is 0 Å². The van der Waals surface area contributed by atoms with E-state index < -0.39 is 11.8 Å². The minimum Gasteiger partial charge on any atom is -0.324 e. The molecular formula is C14H12N2O4. The number of H-pyrrole nitrogens is 1. The van der Waals surface area contributed by atoms with Crippen molar-refractivity contribution in [3.63, 3.8) is 0 Å². The second kappa shape index (κ2) is 4.90. The predicted molar refractivity (Wildman–Crippen MR) is 69.1 cm³/mol. The van der Waals surface area contributed by atoms with Crippen molar-refractivity contribution < 1.29 is 14.4 Å². The Morgan fingerprint density at radius 2 is 2.05 bits per heavy atom. The van der Waals surface area contributed by atoms with Crippen molar-refractivity contribution in [3.8, 4) is 0 Å². The minimum atomic E-state index is -0.445. The Balaban J connectivity index is 1.74. The molecule has 0 atom stereocenters. The summed E-state index contributed by atoms with van der Waals surface area (Å²) < 4.78 is 0. The number of allylic oxidation sites excluding steroid dienone is 1. The molecule has 1 N–H and O–H groups in total. The van der Waals surface area contributed by atoms with Crippen LogP contribution in [0.25, 0.3) is 0 Å². The lowest BCUT2D eigenvalue weighted by Crippen LogP contribution is -2.32. The molecule has 0 bridgehead atoms. The number of carbonyl (C=O) groups excluding carboxylic acids is 2. The summed E-state index contributed by atoms with van der Waals surface area (Å²) in [7, 11) is 0. The SMILES string of the molecule is O=C1C2=C(CCC=C2)C(=O)N1OCc1cccc(=O)[nH]1. The Hall–Kier alpha value is -2.47. The highest BCUT2D eigenvalue weighted by Gasteiger charge is 2.38. The molecule has 0 radical (unpaired) electrons. The molecule has 1 aliphatic heterocycles. The Kier molecular flexibility index (Phi) is 3.08. The van der Waals surface area contributed by atoms with Crippen LogP contribution in [-0.4, -0.2) is 21.9 Å². The maximum Gasteiger partial charge on any atom is 0.285 e. The summed E-state index contributed by atoms with van der Waals surface area (Å²) in [6.45, 7) is -0.0438. The number of hydrogen-bond donors (Lipinski definition) is 1. The van der Waals surface area contributed by atoms with Gasteiger partial charge in [0.2, 0.25) is 5.56 Å². The topological polar surface area (TPSA) is 79.5 Å². The van der Waals surface area contributed by atoms with Crippen LogP contribution in [0.15, 0.2) is 46.3 Å². The normalized spacial score (nSPS) is 17.9. The van der Waals surface area contributed by atoms with E-state index in [2.05, 4.69) is 4.98 Å². The van der Waals surface area contributed by atoms with E-state index in [1.165, 1.54) is 6.07 Å². The predicted octanol–water partition coefficient (Wildman–Crippen LogP) is 0.822. The molecule has 3 rings (SSSR count). The van der Waals surface area contributed by atoms with Crippen LogP contribution in [0.5, 0.6) is 0 Å². The number of aromatic nitrogens is 1. The van der Waals surface area contributed by atoms with Crippen LogP contribution < -0.4 is 5.56 Å². The van der Waals surface area contributed by atoms with Gasteiger partial charge in [-0.2, -0.15) is 0 Å². The molecule has 102 valence electrons. The molecule has 1 aromatic heterocycles. The van der Waals surface area contributed by atoms with Crippen molar-refractivity contribution in [2.45, 2.75) is 19.4 Å². The summed E-state index contributed by atoms with van der Waals surface area (Å²) in [5, 5.41) is 0.769. The van der Waals surface area contributed by atoms with Crippen LogP contribution in [0, 0.1) is 0 Å². The Labute approximate surface area is 114 Å². The average Bonchev–Trinajstić information content (AvgIpc) is 2.70. The van der Waals surface area contributed by atoms with E-state index in [-0.39, 0.29) is 12.2 Å². The van der Waals surface area contributed by atoms with Gasteiger partial charge in [0.1, 0.15) is 6.61 Å². The number of hydroxylamine groups is 2. The Morgan fingerprint density at radius 3 is 2.80 bits per heavy atom. The summed E-state index contributed by atoms with van der Waals surface area (Å²) in [5.41, 5.74) is 1.14. The molecule has 2 amide bonds. The molecule has 2 heterocycles. The third kappa shape index (κ3) is 2.10. The van der Waals surface area contributed by atoms with Gasteiger partial charge in [0.15, 0.2) is 0 Å². The largest absolute Gasteiger partial charge is 0.324 e. The molecule has 1 aliphatic carbocycles. The number of carbonyl (C=O) groups is 2. The molecule has 0 saturated heterocycles. The van der Waals surface area contributed by atoms with E-state index in [0.717, 1.165) is 11.5 Å². The van der Waals surface area contributed by atoms with E-state index in [4.69, 9.17) is 4.84 Å².